The van der Waals surface area contributed by atoms with Gasteiger partial charge in [-0.3, -0.25) is 19.3 Å². The van der Waals surface area contributed by atoms with Gasteiger partial charge < -0.3 is 5.32 Å². The Morgan fingerprint density at radius 2 is 1.63 bits per heavy atom. The smallest absolute Gasteiger partial charge is 0.318 e. The van der Waals surface area contributed by atoms with Crippen LogP contribution in [0, 0.1) is 0 Å². The Morgan fingerprint density at radius 1 is 1.04 bits per heavy atom. The number of imide groups is 1. The molecule has 2 aromatic rings. The van der Waals surface area contributed by atoms with Crippen molar-refractivity contribution in [2.75, 3.05) is 11.9 Å². The van der Waals surface area contributed by atoms with Gasteiger partial charge in [-0.25, -0.2) is 0 Å². The molecule has 3 rings (SSSR count). The number of halogens is 4. The molecule has 1 heterocycles. The van der Waals surface area contributed by atoms with Gasteiger partial charge in [-0.2, -0.15) is 13.2 Å². The maximum Gasteiger partial charge on any atom is 0.471 e. The minimum absolute atomic E-state index is 0.0273. The second kappa shape index (κ2) is 7.03. The van der Waals surface area contributed by atoms with E-state index in [1.165, 1.54) is 30.3 Å². The zero-order chi connectivity index (χ0) is 19.8. The number of fused-ring (bicyclic) bond motifs is 1. The molecule has 5 nitrogen and oxygen atoms in total. The summed E-state index contributed by atoms with van der Waals surface area (Å²) in [5, 5.41) is 2.03. The summed E-state index contributed by atoms with van der Waals surface area (Å²) in [5.74, 6) is -3.07. The van der Waals surface area contributed by atoms with Crippen LogP contribution in [0.4, 0.5) is 18.9 Å². The Balaban J connectivity index is 1.79. The van der Waals surface area contributed by atoms with Crippen LogP contribution in [-0.2, 0) is 11.2 Å². The molecule has 3 amide bonds. The number of benzene rings is 2. The number of anilines is 1. The van der Waals surface area contributed by atoms with E-state index in [4.69, 9.17) is 11.6 Å². The molecular weight excluding hydrogens is 385 g/mol. The van der Waals surface area contributed by atoms with Gasteiger partial charge in [0.15, 0.2) is 0 Å². The van der Waals surface area contributed by atoms with E-state index in [0.29, 0.717) is 0 Å². The number of hydrogen-bond acceptors (Lipinski definition) is 3. The van der Waals surface area contributed by atoms with Gasteiger partial charge in [0.25, 0.3) is 11.8 Å². The van der Waals surface area contributed by atoms with E-state index in [0.717, 1.165) is 4.90 Å². The van der Waals surface area contributed by atoms with E-state index in [1.54, 1.807) is 17.4 Å². The van der Waals surface area contributed by atoms with Crippen LogP contribution in [0.5, 0.6) is 0 Å². The summed E-state index contributed by atoms with van der Waals surface area (Å²) in [5.41, 5.74) is 0.744. The normalized spacial score (nSPS) is 13.7. The molecule has 1 aliphatic rings. The van der Waals surface area contributed by atoms with Crippen molar-refractivity contribution in [2.24, 2.45) is 0 Å². The molecule has 0 atom stereocenters. The average molecular weight is 397 g/mol. The van der Waals surface area contributed by atoms with E-state index in [9.17, 15) is 27.6 Å². The van der Waals surface area contributed by atoms with Crippen LogP contribution in [0.2, 0.25) is 5.02 Å². The largest absolute Gasteiger partial charge is 0.471 e. The van der Waals surface area contributed by atoms with Crippen LogP contribution in [0.1, 0.15) is 26.3 Å². The summed E-state index contributed by atoms with van der Waals surface area (Å²) in [6, 6.07) is 10.3. The summed E-state index contributed by atoms with van der Waals surface area (Å²) < 4.78 is 37.5. The number of carbonyl (C=O) groups is 3. The minimum Gasteiger partial charge on any atom is -0.318 e. The molecule has 2 aromatic carbocycles. The van der Waals surface area contributed by atoms with Gasteiger partial charge in [0.05, 0.1) is 11.1 Å². The standard InChI is InChI=1S/C18H12ClF3N2O3/c19-11-5-6-14(23-17(27)18(20,21)22)10(9-11)7-8-24-15(25)12-3-1-2-4-13(12)16(24)26/h1-6,9H,7-8H2,(H,23,27). The summed E-state index contributed by atoms with van der Waals surface area (Å²) >= 11 is 5.89. The van der Waals surface area contributed by atoms with E-state index in [1.807, 2.05) is 0 Å². The lowest BCUT2D eigenvalue weighted by atomic mass is 10.1. The predicted octanol–water partition coefficient (Wildman–Crippen LogP) is 3.68. The minimum atomic E-state index is -5.04. The van der Waals surface area contributed by atoms with Crippen LogP contribution in [-0.4, -0.2) is 35.3 Å². The second-order valence-corrected chi connectivity index (χ2v) is 6.25. The number of alkyl halides is 3. The fourth-order valence-electron chi connectivity index (χ4n) is 2.76. The van der Waals surface area contributed by atoms with Crippen LogP contribution < -0.4 is 5.32 Å². The first-order chi connectivity index (χ1) is 12.7. The van der Waals surface area contributed by atoms with Crippen LogP contribution >= 0.6 is 11.6 Å². The molecule has 0 aromatic heterocycles. The summed E-state index contributed by atoms with van der Waals surface area (Å²) in [6.07, 6.45) is -5.01. The number of carbonyl (C=O) groups excluding carboxylic acids is 3. The predicted molar refractivity (Wildman–Crippen MR) is 91.6 cm³/mol. The van der Waals surface area contributed by atoms with E-state index < -0.39 is 23.9 Å². The van der Waals surface area contributed by atoms with E-state index in [2.05, 4.69) is 0 Å². The molecule has 1 aliphatic heterocycles. The molecule has 9 heteroatoms. The maximum absolute atomic E-state index is 12.5. The Hall–Kier alpha value is -2.87. The quantitative estimate of drug-likeness (QED) is 0.802. The lowest BCUT2D eigenvalue weighted by Gasteiger charge is -2.17. The Kier molecular flexibility index (Phi) is 4.93. The molecule has 1 N–H and O–H groups in total. The average Bonchev–Trinajstić information content (AvgIpc) is 2.85. The van der Waals surface area contributed by atoms with Crippen molar-refractivity contribution < 1.29 is 27.6 Å². The van der Waals surface area contributed by atoms with Gasteiger partial charge in [-0.1, -0.05) is 23.7 Å². The van der Waals surface area contributed by atoms with Crippen molar-refractivity contribution in [3.05, 3.63) is 64.2 Å². The summed E-state index contributed by atoms with van der Waals surface area (Å²) in [6.45, 7) is -0.0679. The third-order valence-corrected chi connectivity index (χ3v) is 4.29. The van der Waals surface area contributed by atoms with E-state index in [-0.39, 0.29) is 40.4 Å². The molecule has 27 heavy (non-hydrogen) atoms. The number of hydrogen-bond donors (Lipinski definition) is 1. The SMILES string of the molecule is O=C1c2ccccc2C(=O)N1CCc1cc(Cl)ccc1NC(=O)C(F)(F)F. The zero-order valence-electron chi connectivity index (χ0n) is 13.6. The lowest BCUT2D eigenvalue weighted by Crippen LogP contribution is -2.32. The molecule has 0 unspecified atom stereocenters. The van der Waals surface area contributed by atoms with Crippen molar-refractivity contribution in [1.82, 2.24) is 4.90 Å². The van der Waals surface area contributed by atoms with Crippen LogP contribution in [0.15, 0.2) is 42.5 Å². The third kappa shape index (κ3) is 3.80. The van der Waals surface area contributed by atoms with Gasteiger partial charge >= 0.3 is 12.1 Å². The fraction of sp³-hybridized carbons (Fsp3) is 0.167. The van der Waals surface area contributed by atoms with Gasteiger partial charge in [0.1, 0.15) is 0 Å². The molecule has 0 fully saturated rings. The Labute approximate surface area is 156 Å². The molecule has 0 aliphatic carbocycles. The van der Waals surface area contributed by atoms with Gasteiger partial charge in [0, 0.05) is 17.3 Å². The monoisotopic (exact) mass is 396 g/mol. The Morgan fingerprint density at radius 3 is 2.19 bits per heavy atom. The first-order valence-corrected chi connectivity index (χ1v) is 8.18. The molecule has 0 bridgehead atoms. The van der Waals surface area contributed by atoms with Gasteiger partial charge in [-0.15, -0.1) is 0 Å². The number of nitrogens with zero attached hydrogens (tertiary/aromatic N) is 1. The third-order valence-electron chi connectivity index (χ3n) is 4.06. The first-order valence-electron chi connectivity index (χ1n) is 7.80. The molecule has 140 valence electrons. The highest BCUT2D eigenvalue weighted by molar-refractivity contribution is 6.30. The van der Waals surface area contributed by atoms with Crippen molar-refractivity contribution in [1.29, 1.82) is 0 Å². The summed E-state index contributed by atoms with van der Waals surface area (Å²) in [4.78, 5) is 36.9. The number of amides is 3. The molecule has 0 saturated carbocycles. The van der Waals surface area contributed by atoms with Crippen molar-refractivity contribution in [3.8, 4) is 0 Å². The molecule has 0 radical (unpaired) electrons. The molecule has 0 saturated heterocycles. The fourth-order valence-corrected chi connectivity index (χ4v) is 2.95. The van der Waals surface area contributed by atoms with Crippen molar-refractivity contribution in [3.63, 3.8) is 0 Å². The number of rotatable bonds is 4. The lowest BCUT2D eigenvalue weighted by molar-refractivity contribution is -0.167. The number of nitrogens with one attached hydrogen (secondary N) is 1. The molecular formula is C18H12ClF3N2O3. The highest BCUT2D eigenvalue weighted by atomic mass is 35.5. The van der Waals surface area contributed by atoms with E-state index >= 15 is 0 Å². The summed E-state index contributed by atoms with van der Waals surface area (Å²) in [7, 11) is 0. The van der Waals surface area contributed by atoms with Crippen molar-refractivity contribution in [2.45, 2.75) is 12.6 Å². The highest BCUT2D eigenvalue weighted by Gasteiger charge is 2.39. The van der Waals surface area contributed by atoms with Crippen LogP contribution in [0.3, 0.4) is 0 Å². The first kappa shape index (κ1) is 18.9. The topological polar surface area (TPSA) is 66.5 Å². The van der Waals surface area contributed by atoms with Gasteiger partial charge in [0.2, 0.25) is 0 Å². The highest BCUT2D eigenvalue weighted by Crippen LogP contribution is 2.26. The maximum atomic E-state index is 12.5. The van der Waals surface area contributed by atoms with Crippen LogP contribution in [0.25, 0.3) is 0 Å². The van der Waals surface area contributed by atoms with Crippen molar-refractivity contribution >= 4 is 35.0 Å². The zero-order valence-corrected chi connectivity index (χ0v) is 14.4. The molecule has 0 spiro atoms. The second-order valence-electron chi connectivity index (χ2n) is 5.81. The van der Waals surface area contributed by atoms with Gasteiger partial charge in [-0.05, 0) is 42.3 Å². The Bertz CT molecular complexity index is 909.